The topological polar surface area (TPSA) is 15.3 Å². The molecule has 0 fully saturated rings. The number of hydrogen-bond acceptors (Lipinski definition) is 3. The van der Waals surface area contributed by atoms with Gasteiger partial charge in [-0.1, -0.05) is 25.4 Å². The van der Waals surface area contributed by atoms with Gasteiger partial charge in [-0.25, -0.2) is 0 Å². The Morgan fingerprint density at radius 1 is 1.32 bits per heavy atom. The van der Waals surface area contributed by atoms with Crippen LogP contribution in [0.15, 0.2) is 18.2 Å². The molecule has 0 heterocycles. The predicted molar refractivity (Wildman–Crippen MR) is 89.7 cm³/mol. The van der Waals surface area contributed by atoms with E-state index in [-0.39, 0.29) is 0 Å². The minimum atomic E-state index is 0.473. The SMILES string of the molecule is CSCC(C)N(C)c1ccc(Cl)cc1CNC(C)C. The summed E-state index contributed by atoms with van der Waals surface area (Å²) in [5.74, 6) is 1.12. The van der Waals surface area contributed by atoms with E-state index in [0.717, 1.165) is 17.3 Å². The van der Waals surface area contributed by atoms with Crippen molar-refractivity contribution in [1.82, 2.24) is 5.32 Å². The summed E-state index contributed by atoms with van der Waals surface area (Å²) in [5.41, 5.74) is 2.52. The lowest BCUT2D eigenvalue weighted by atomic mass is 10.1. The minimum absolute atomic E-state index is 0.473. The third kappa shape index (κ3) is 5.25. The maximum absolute atomic E-state index is 6.13. The molecule has 0 bridgehead atoms. The number of benzene rings is 1. The van der Waals surface area contributed by atoms with Crippen LogP contribution in [0.1, 0.15) is 26.3 Å². The molecular weight excluding hydrogens is 276 g/mol. The highest BCUT2D eigenvalue weighted by Crippen LogP contribution is 2.25. The third-order valence-corrected chi connectivity index (χ3v) is 4.24. The summed E-state index contributed by atoms with van der Waals surface area (Å²) in [6.07, 6.45) is 2.15. The fraction of sp³-hybridized carbons (Fsp3) is 0.600. The highest BCUT2D eigenvalue weighted by Gasteiger charge is 2.13. The standard InChI is InChI=1S/C15H25ClN2S/c1-11(2)17-9-13-8-14(16)6-7-15(13)18(4)12(3)10-19-5/h6-8,11-12,17H,9-10H2,1-5H3. The molecule has 1 N–H and O–H groups in total. The van der Waals surface area contributed by atoms with Gasteiger partial charge in [0.25, 0.3) is 0 Å². The van der Waals surface area contributed by atoms with Crippen molar-refractivity contribution in [2.45, 2.75) is 39.4 Å². The van der Waals surface area contributed by atoms with Crippen molar-refractivity contribution in [2.75, 3.05) is 24.0 Å². The first-order chi connectivity index (χ1) is 8.95. The summed E-state index contributed by atoms with van der Waals surface area (Å²) < 4.78 is 0. The number of thioether (sulfide) groups is 1. The molecule has 0 spiro atoms. The zero-order chi connectivity index (χ0) is 14.4. The van der Waals surface area contributed by atoms with Crippen LogP contribution in [-0.4, -0.2) is 31.1 Å². The monoisotopic (exact) mass is 300 g/mol. The van der Waals surface area contributed by atoms with Gasteiger partial charge in [0.15, 0.2) is 0 Å². The van der Waals surface area contributed by atoms with Crippen molar-refractivity contribution in [1.29, 1.82) is 0 Å². The number of hydrogen-bond donors (Lipinski definition) is 1. The Balaban J connectivity index is 2.91. The van der Waals surface area contributed by atoms with Gasteiger partial charge in [-0.3, -0.25) is 0 Å². The summed E-state index contributed by atoms with van der Waals surface area (Å²) in [7, 11) is 2.16. The van der Waals surface area contributed by atoms with Crippen LogP contribution in [0.5, 0.6) is 0 Å². The second-order valence-electron chi connectivity index (χ2n) is 5.22. The molecule has 1 aromatic carbocycles. The Hall–Kier alpha value is -0.380. The molecule has 1 rings (SSSR count). The van der Waals surface area contributed by atoms with Crippen LogP contribution in [0.25, 0.3) is 0 Å². The lowest BCUT2D eigenvalue weighted by Crippen LogP contribution is -2.32. The molecule has 1 aromatic rings. The summed E-state index contributed by atoms with van der Waals surface area (Å²) in [5, 5.41) is 4.27. The van der Waals surface area contributed by atoms with E-state index in [4.69, 9.17) is 11.6 Å². The molecule has 1 unspecified atom stereocenters. The third-order valence-electron chi connectivity index (χ3n) is 3.19. The number of nitrogens with one attached hydrogen (secondary N) is 1. The molecule has 0 radical (unpaired) electrons. The molecule has 19 heavy (non-hydrogen) atoms. The lowest BCUT2D eigenvalue weighted by Gasteiger charge is -2.29. The van der Waals surface area contributed by atoms with Crippen LogP contribution in [0, 0.1) is 0 Å². The van der Waals surface area contributed by atoms with Crippen molar-refractivity contribution >= 4 is 29.1 Å². The normalized spacial score (nSPS) is 12.8. The molecule has 4 heteroatoms. The Bertz CT molecular complexity index is 396. The molecule has 2 nitrogen and oxygen atoms in total. The van der Waals surface area contributed by atoms with Crippen LogP contribution >= 0.6 is 23.4 Å². The summed E-state index contributed by atoms with van der Waals surface area (Å²) in [6, 6.07) is 7.14. The van der Waals surface area contributed by atoms with Gasteiger partial charge in [0.1, 0.15) is 0 Å². The maximum atomic E-state index is 6.13. The Morgan fingerprint density at radius 3 is 2.58 bits per heavy atom. The highest BCUT2D eigenvalue weighted by atomic mass is 35.5. The average molecular weight is 301 g/mol. The molecular formula is C15H25ClN2S. The number of nitrogens with zero attached hydrogens (tertiary/aromatic N) is 1. The van der Waals surface area contributed by atoms with Gasteiger partial charge in [0.2, 0.25) is 0 Å². The van der Waals surface area contributed by atoms with Crippen molar-refractivity contribution in [3.8, 4) is 0 Å². The van der Waals surface area contributed by atoms with E-state index in [1.807, 2.05) is 17.8 Å². The van der Waals surface area contributed by atoms with E-state index in [2.05, 4.69) is 56.4 Å². The van der Waals surface area contributed by atoms with Gasteiger partial charge in [0, 0.05) is 42.1 Å². The van der Waals surface area contributed by atoms with E-state index >= 15 is 0 Å². The summed E-state index contributed by atoms with van der Waals surface area (Å²) >= 11 is 8.00. The van der Waals surface area contributed by atoms with E-state index in [0.29, 0.717) is 12.1 Å². The largest absolute Gasteiger partial charge is 0.371 e. The predicted octanol–water partition coefficient (Wildman–Crippen LogP) is 4.03. The number of anilines is 1. The van der Waals surface area contributed by atoms with Gasteiger partial charge in [-0.15, -0.1) is 0 Å². The zero-order valence-electron chi connectivity index (χ0n) is 12.5. The first-order valence-electron chi connectivity index (χ1n) is 6.69. The number of rotatable bonds is 7. The van der Waals surface area contributed by atoms with Gasteiger partial charge >= 0.3 is 0 Å². The molecule has 108 valence electrons. The van der Waals surface area contributed by atoms with Gasteiger partial charge in [-0.05, 0) is 36.9 Å². The quantitative estimate of drug-likeness (QED) is 0.818. The first kappa shape index (κ1) is 16.7. The van der Waals surface area contributed by atoms with Crippen LogP contribution < -0.4 is 10.2 Å². The molecule has 0 amide bonds. The van der Waals surface area contributed by atoms with Gasteiger partial charge in [0.05, 0.1) is 0 Å². The van der Waals surface area contributed by atoms with Crippen molar-refractivity contribution < 1.29 is 0 Å². The molecule has 0 aliphatic rings. The van der Waals surface area contributed by atoms with E-state index in [9.17, 15) is 0 Å². The van der Waals surface area contributed by atoms with Gasteiger partial charge in [-0.2, -0.15) is 11.8 Å². The molecule has 0 saturated heterocycles. The average Bonchev–Trinajstić information content (AvgIpc) is 2.36. The molecule has 0 saturated carbocycles. The first-order valence-corrected chi connectivity index (χ1v) is 8.46. The summed E-state index contributed by atoms with van der Waals surface area (Å²) in [6.45, 7) is 7.42. The van der Waals surface area contributed by atoms with E-state index in [1.165, 1.54) is 11.3 Å². The molecule has 0 aromatic heterocycles. The van der Waals surface area contributed by atoms with E-state index < -0.39 is 0 Å². The Labute approximate surface area is 126 Å². The lowest BCUT2D eigenvalue weighted by molar-refractivity contribution is 0.587. The van der Waals surface area contributed by atoms with Crippen LogP contribution in [0.4, 0.5) is 5.69 Å². The zero-order valence-corrected chi connectivity index (χ0v) is 14.1. The van der Waals surface area contributed by atoms with Crippen LogP contribution in [-0.2, 0) is 6.54 Å². The van der Waals surface area contributed by atoms with Crippen molar-refractivity contribution in [2.24, 2.45) is 0 Å². The smallest absolute Gasteiger partial charge is 0.0412 e. The molecule has 0 aliphatic carbocycles. The fourth-order valence-electron chi connectivity index (χ4n) is 1.94. The second-order valence-corrected chi connectivity index (χ2v) is 6.57. The summed E-state index contributed by atoms with van der Waals surface area (Å²) in [4.78, 5) is 2.34. The van der Waals surface area contributed by atoms with Crippen LogP contribution in [0.3, 0.4) is 0 Å². The molecule has 1 atom stereocenters. The van der Waals surface area contributed by atoms with E-state index in [1.54, 1.807) is 0 Å². The number of halogens is 1. The van der Waals surface area contributed by atoms with Crippen molar-refractivity contribution in [3.63, 3.8) is 0 Å². The second kappa shape index (κ2) is 8.03. The Kier molecular flexibility index (Phi) is 7.05. The van der Waals surface area contributed by atoms with Crippen LogP contribution in [0.2, 0.25) is 5.02 Å². The maximum Gasteiger partial charge on any atom is 0.0412 e. The fourth-order valence-corrected chi connectivity index (χ4v) is 2.84. The Morgan fingerprint density at radius 2 is 2.00 bits per heavy atom. The van der Waals surface area contributed by atoms with Gasteiger partial charge < -0.3 is 10.2 Å². The molecule has 0 aliphatic heterocycles. The minimum Gasteiger partial charge on any atom is -0.371 e. The highest BCUT2D eigenvalue weighted by molar-refractivity contribution is 7.98. The van der Waals surface area contributed by atoms with Crippen molar-refractivity contribution in [3.05, 3.63) is 28.8 Å².